The van der Waals surface area contributed by atoms with Crippen molar-refractivity contribution in [1.29, 1.82) is 0 Å². The molecule has 0 saturated carbocycles. The molecule has 0 spiro atoms. The van der Waals surface area contributed by atoms with Crippen LogP contribution in [0.5, 0.6) is 0 Å². The lowest BCUT2D eigenvalue weighted by molar-refractivity contribution is -0.137. The van der Waals surface area contributed by atoms with E-state index in [2.05, 4.69) is 4.98 Å². The van der Waals surface area contributed by atoms with Gasteiger partial charge in [-0.15, -0.1) is 11.3 Å². The van der Waals surface area contributed by atoms with Crippen molar-refractivity contribution in [2.45, 2.75) is 12.2 Å². The van der Waals surface area contributed by atoms with E-state index in [1.807, 2.05) is 0 Å². The average molecular weight is 311 g/mol. The Morgan fingerprint density at radius 1 is 1.32 bits per heavy atom. The van der Waals surface area contributed by atoms with Gasteiger partial charge in [0.15, 0.2) is 5.01 Å². The lowest BCUT2D eigenvalue weighted by Gasteiger charge is -2.11. The highest BCUT2D eigenvalue weighted by Crippen LogP contribution is 2.36. The van der Waals surface area contributed by atoms with Crippen LogP contribution in [0.4, 0.5) is 17.6 Å². The number of nitrogens with two attached hydrogens (primary N) is 1. The minimum Gasteiger partial charge on any atom is -0.320 e. The molecule has 19 heavy (non-hydrogen) atoms. The minimum absolute atomic E-state index is 0.167. The first kappa shape index (κ1) is 14.2. The van der Waals surface area contributed by atoms with Gasteiger partial charge in [0.25, 0.3) is 0 Å². The smallest absolute Gasteiger partial charge is 0.320 e. The van der Waals surface area contributed by atoms with Gasteiger partial charge in [0.05, 0.1) is 11.1 Å². The largest absolute Gasteiger partial charge is 0.443 e. The summed E-state index contributed by atoms with van der Waals surface area (Å²) in [6.07, 6.45) is -3.49. The second-order valence-electron chi connectivity index (χ2n) is 3.69. The van der Waals surface area contributed by atoms with Crippen LogP contribution in [0, 0.1) is 5.82 Å². The highest BCUT2D eigenvalue weighted by atomic mass is 35.5. The highest BCUT2D eigenvalue weighted by Gasteiger charge is 2.35. The van der Waals surface area contributed by atoms with Crippen molar-refractivity contribution in [3.8, 4) is 0 Å². The molecule has 0 aliphatic carbocycles. The number of nitrogens with zero attached hydrogens (tertiary/aromatic N) is 1. The predicted octanol–water partition coefficient (Wildman–Crippen LogP) is 4.00. The first-order chi connectivity index (χ1) is 8.80. The highest BCUT2D eigenvalue weighted by molar-refractivity contribution is 7.11. The number of hydrogen-bond acceptors (Lipinski definition) is 3. The van der Waals surface area contributed by atoms with Crippen molar-refractivity contribution >= 4 is 22.9 Å². The maximum atomic E-state index is 13.3. The number of halogens is 5. The van der Waals surface area contributed by atoms with Crippen LogP contribution in [0.15, 0.2) is 24.4 Å². The van der Waals surface area contributed by atoms with Gasteiger partial charge in [-0.2, -0.15) is 13.2 Å². The number of benzene rings is 1. The van der Waals surface area contributed by atoms with E-state index < -0.39 is 23.0 Å². The first-order valence-electron chi connectivity index (χ1n) is 5.03. The third-order valence-corrected chi connectivity index (χ3v) is 3.91. The van der Waals surface area contributed by atoms with Gasteiger partial charge in [-0.1, -0.05) is 23.7 Å². The monoisotopic (exact) mass is 310 g/mol. The molecule has 8 heteroatoms. The van der Waals surface area contributed by atoms with E-state index in [0.29, 0.717) is 11.3 Å². The fourth-order valence-electron chi connectivity index (χ4n) is 1.48. The van der Waals surface area contributed by atoms with Gasteiger partial charge in [-0.05, 0) is 11.6 Å². The zero-order valence-corrected chi connectivity index (χ0v) is 10.8. The van der Waals surface area contributed by atoms with Gasteiger partial charge in [-0.3, -0.25) is 0 Å². The predicted molar refractivity (Wildman–Crippen MR) is 64.6 cm³/mol. The molecule has 2 N–H and O–H groups in total. The number of hydrogen-bond donors (Lipinski definition) is 1. The molecule has 0 aliphatic heterocycles. The molecule has 102 valence electrons. The molecule has 1 atom stereocenters. The van der Waals surface area contributed by atoms with Gasteiger partial charge < -0.3 is 5.73 Å². The van der Waals surface area contributed by atoms with Crippen LogP contribution >= 0.6 is 22.9 Å². The molecular weight excluding hydrogens is 304 g/mol. The van der Waals surface area contributed by atoms with Crippen LogP contribution in [0.2, 0.25) is 5.02 Å². The molecule has 2 aromatic rings. The fraction of sp³-hybridized carbons (Fsp3) is 0.182. The Balaban J connectivity index is 2.37. The van der Waals surface area contributed by atoms with Crippen LogP contribution in [-0.4, -0.2) is 4.98 Å². The molecule has 0 fully saturated rings. The Labute approximate surface area is 114 Å². The summed E-state index contributed by atoms with van der Waals surface area (Å²) in [7, 11) is 0. The molecule has 1 aromatic carbocycles. The summed E-state index contributed by atoms with van der Waals surface area (Å²) < 4.78 is 50.6. The van der Waals surface area contributed by atoms with Gasteiger partial charge in [-0.25, -0.2) is 9.37 Å². The molecule has 1 heterocycles. The number of rotatable bonds is 2. The van der Waals surface area contributed by atoms with Crippen molar-refractivity contribution in [3.63, 3.8) is 0 Å². The standard InChI is InChI=1S/C11H7ClF4N2S/c12-8-5(2-1-3-6(8)13)9(17)7-4-18-10(19-7)11(14,15)16/h1-4,9H,17H2. The molecule has 0 aliphatic rings. The Hall–Kier alpha value is -1.18. The van der Waals surface area contributed by atoms with Crippen molar-refractivity contribution in [2.75, 3.05) is 0 Å². The second-order valence-corrected chi connectivity index (χ2v) is 5.13. The Morgan fingerprint density at radius 2 is 2.00 bits per heavy atom. The summed E-state index contributed by atoms with van der Waals surface area (Å²) in [6.45, 7) is 0. The normalized spacial score (nSPS) is 13.6. The van der Waals surface area contributed by atoms with Gasteiger partial charge in [0.2, 0.25) is 0 Å². The van der Waals surface area contributed by atoms with E-state index in [-0.39, 0.29) is 15.5 Å². The Kier molecular flexibility index (Phi) is 3.80. The molecule has 0 saturated heterocycles. The molecule has 2 nitrogen and oxygen atoms in total. The summed E-state index contributed by atoms with van der Waals surface area (Å²) in [4.78, 5) is 3.43. The molecule has 0 radical (unpaired) electrons. The Bertz CT molecular complexity index is 597. The zero-order chi connectivity index (χ0) is 14.2. The van der Waals surface area contributed by atoms with Gasteiger partial charge in [0.1, 0.15) is 5.82 Å². The molecule has 0 amide bonds. The van der Waals surface area contributed by atoms with E-state index >= 15 is 0 Å². The van der Waals surface area contributed by atoms with Gasteiger partial charge in [0, 0.05) is 11.1 Å². The van der Waals surface area contributed by atoms with Crippen LogP contribution < -0.4 is 5.73 Å². The number of thiazole rings is 1. The van der Waals surface area contributed by atoms with Crippen LogP contribution in [0.25, 0.3) is 0 Å². The SMILES string of the molecule is NC(c1cnc(C(F)(F)F)s1)c1cccc(F)c1Cl. The topological polar surface area (TPSA) is 38.9 Å². The third kappa shape index (κ3) is 2.88. The molecular formula is C11H7ClF4N2S. The van der Waals surface area contributed by atoms with Gasteiger partial charge >= 0.3 is 6.18 Å². The molecule has 1 unspecified atom stereocenters. The Morgan fingerprint density at radius 3 is 2.58 bits per heavy atom. The van der Waals surface area contributed by atoms with Crippen molar-refractivity contribution in [3.05, 3.63) is 50.7 Å². The zero-order valence-electron chi connectivity index (χ0n) is 9.21. The summed E-state index contributed by atoms with van der Waals surface area (Å²) in [5.74, 6) is -0.671. The lowest BCUT2D eigenvalue weighted by Crippen LogP contribution is -2.11. The fourth-order valence-corrected chi connectivity index (χ4v) is 2.52. The first-order valence-corrected chi connectivity index (χ1v) is 6.22. The minimum atomic E-state index is -4.52. The van der Waals surface area contributed by atoms with E-state index in [0.717, 1.165) is 12.3 Å². The quantitative estimate of drug-likeness (QED) is 0.851. The number of alkyl halides is 3. The summed E-state index contributed by atoms with van der Waals surface area (Å²) >= 11 is 6.16. The average Bonchev–Trinajstić information content (AvgIpc) is 2.81. The van der Waals surface area contributed by atoms with E-state index in [9.17, 15) is 17.6 Å². The third-order valence-electron chi connectivity index (χ3n) is 2.39. The summed E-state index contributed by atoms with van der Waals surface area (Å²) in [6, 6.07) is 3.05. The molecule has 0 bridgehead atoms. The van der Waals surface area contributed by atoms with Crippen molar-refractivity contribution in [1.82, 2.24) is 4.98 Å². The van der Waals surface area contributed by atoms with E-state index in [1.165, 1.54) is 12.1 Å². The van der Waals surface area contributed by atoms with Crippen molar-refractivity contribution < 1.29 is 17.6 Å². The van der Waals surface area contributed by atoms with Crippen molar-refractivity contribution in [2.24, 2.45) is 5.73 Å². The summed E-state index contributed by atoms with van der Waals surface area (Å²) in [5.41, 5.74) is 6.02. The van der Waals surface area contributed by atoms with E-state index in [4.69, 9.17) is 17.3 Å². The van der Waals surface area contributed by atoms with Crippen LogP contribution in [-0.2, 0) is 6.18 Å². The van der Waals surface area contributed by atoms with E-state index in [1.54, 1.807) is 0 Å². The lowest BCUT2D eigenvalue weighted by atomic mass is 10.1. The number of aromatic nitrogens is 1. The molecule has 2 rings (SSSR count). The summed E-state index contributed by atoms with van der Waals surface area (Å²) in [5, 5.41) is -1.19. The van der Waals surface area contributed by atoms with Crippen LogP contribution in [0.3, 0.4) is 0 Å². The second kappa shape index (κ2) is 5.07. The maximum absolute atomic E-state index is 13.3. The molecule has 1 aromatic heterocycles. The maximum Gasteiger partial charge on any atom is 0.443 e. The van der Waals surface area contributed by atoms with Crippen LogP contribution in [0.1, 0.15) is 21.5 Å².